The average Bonchev–Trinajstić information content (AvgIpc) is 2.87. The minimum Gasteiger partial charge on any atom is -0.393 e. The number of nitrogens with one attached hydrogen (secondary N) is 1. The third-order valence-corrected chi connectivity index (χ3v) is 5.72. The molecule has 4 rings (SSSR count). The average molecular weight is 348 g/mol. The number of pyridine rings is 1. The first-order valence-electron chi connectivity index (χ1n) is 9.24. The van der Waals surface area contributed by atoms with E-state index in [0.29, 0.717) is 25.2 Å². The van der Waals surface area contributed by atoms with Crippen molar-refractivity contribution in [3.63, 3.8) is 0 Å². The lowest BCUT2D eigenvalue weighted by atomic mass is 10.00. The van der Waals surface area contributed by atoms with Crippen LogP contribution in [0, 0.1) is 5.95 Å². The van der Waals surface area contributed by atoms with Crippen LogP contribution >= 0.6 is 0 Å². The van der Waals surface area contributed by atoms with Crippen molar-refractivity contribution in [3.05, 3.63) is 24.1 Å². The van der Waals surface area contributed by atoms with Crippen molar-refractivity contribution in [2.45, 2.75) is 62.8 Å². The summed E-state index contributed by atoms with van der Waals surface area (Å²) in [7, 11) is 0. The van der Waals surface area contributed by atoms with Crippen LogP contribution in [0.25, 0.3) is 0 Å². The summed E-state index contributed by atoms with van der Waals surface area (Å²) in [5.74, 6) is 0.146. The number of fused-ring (bicyclic) bond motifs is 2. The number of aromatic nitrogens is 1. The van der Waals surface area contributed by atoms with Crippen molar-refractivity contribution in [2.75, 3.05) is 18.0 Å². The van der Waals surface area contributed by atoms with E-state index in [1.165, 1.54) is 6.07 Å². The zero-order valence-electron chi connectivity index (χ0n) is 14.3. The number of anilines is 1. The van der Waals surface area contributed by atoms with Crippen LogP contribution in [-0.4, -0.2) is 58.3 Å². The fourth-order valence-corrected chi connectivity index (χ4v) is 4.61. The molecule has 2 amide bonds. The first kappa shape index (κ1) is 16.6. The van der Waals surface area contributed by atoms with E-state index in [1.807, 2.05) is 9.80 Å². The number of aliphatic hydroxyl groups is 1. The normalized spacial score (nSPS) is 31.9. The summed E-state index contributed by atoms with van der Waals surface area (Å²) in [6, 6.07) is 5.16. The zero-order valence-corrected chi connectivity index (χ0v) is 14.3. The van der Waals surface area contributed by atoms with E-state index in [0.717, 1.165) is 32.2 Å². The molecular formula is C18H25FN4O2. The molecule has 6 nitrogen and oxygen atoms in total. The number of piperidine rings is 2. The van der Waals surface area contributed by atoms with E-state index in [4.69, 9.17) is 0 Å². The van der Waals surface area contributed by atoms with Crippen LogP contribution in [0.15, 0.2) is 18.2 Å². The highest BCUT2D eigenvalue weighted by molar-refractivity contribution is 5.76. The Morgan fingerprint density at radius 2 is 2.00 bits per heavy atom. The maximum Gasteiger partial charge on any atom is 0.318 e. The van der Waals surface area contributed by atoms with Crippen LogP contribution in [0.1, 0.15) is 38.5 Å². The van der Waals surface area contributed by atoms with Gasteiger partial charge in [0, 0.05) is 31.2 Å². The summed E-state index contributed by atoms with van der Waals surface area (Å²) < 4.78 is 13.4. The molecule has 0 aliphatic carbocycles. The monoisotopic (exact) mass is 348 g/mol. The predicted molar refractivity (Wildman–Crippen MR) is 91.9 cm³/mol. The molecule has 0 radical (unpaired) electrons. The molecule has 4 atom stereocenters. The molecule has 3 aliphatic heterocycles. The van der Waals surface area contributed by atoms with Gasteiger partial charge in [0.15, 0.2) is 0 Å². The Bertz CT molecular complexity index is 629. The van der Waals surface area contributed by atoms with Gasteiger partial charge in [-0.2, -0.15) is 4.39 Å². The van der Waals surface area contributed by atoms with Crippen LogP contribution in [0.2, 0.25) is 0 Å². The highest BCUT2D eigenvalue weighted by Crippen LogP contribution is 2.35. The predicted octanol–water partition coefficient (Wildman–Crippen LogP) is 1.89. The second-order valence-corrected chi connectivity index (χ2v) is 7.47. The number of halogens is 1. The Kier molecular flexibility index (Phi) is 4.50. The van der Waals surface area contributed by atoms with Gasteiger partial charge in [0.25, 0.3) is 0 Å². The fourth-order valence-electron chi connectivity index (χ4n) is 4.61. The van der Waals surface area contributed by atoms with Gasteiger partial charge in [-0.3, -0.25) is 0 Å². The van der Waals surface area contributed by atoms with E-state index >= 15 is 0 Å². The number of aliphatic hydroxyl groups excluding tert-OH is 1. The molecule has 3 aliphatic rings. The molecule has 7 heteroatoms. The molecule has 0 saturated carbocycles. The van der Waals surface area contributed by atoms with Crippen LogP contribution in [0.3, 0.4) is 0 Å². The number of rotatable bonds is 2. The summed E-state index contributed by atoms with van der Waals surface area (Å²) in [6.45, 7) is 1.47. The molecule has 3 saturated heterocycles. The van der Waals surface area contributed by atoms with Crippen molar-refractivity contribution in [2.24, 2.45) is 0 Å². The smallest absolute Gasteiger partial charge is 0.318 e. The van der Waals surface area contributed by atoms with E-state index in [2.05, 4.69) is 10.3 Å². The summed E-state index contributed by atoms with van der Waals surface area (Å²) in [4.78, 5) is 20.7. The van der Waals surface area contributed by atoms with Gasteiger partial charge in [-0.05, 0) is 50.7 Å². The first-order chi connectivity index (χ1) is 12.1. The van der Waals surface area contributed by atoms with Crippen LogP contribution < -0.4 is 10.2 Å². The number of urea groups is 1. The summed E-state index contributed by atoms with van der Waals surface area (Å²) >= 11 is 0. The van der Waals surface area contributed by atoms with Gasteiger partial charge in [-0.25, -0.2) is 9.78 Å². The fraction of sp³-hybridized carbons (Fsp3) is 0.667. The molecule has 136 valence electrons. The number of amides is 2. The van der Waals surface area contributed by atoms with E-state index in [1.54, 1.807) is 12.1 Å². The largest absolute Gasteiger partial charge is 0.393 e. The number of carbonyl (C=O) groups is 1. The van der Waals surface area contributed by atoms with Crippen molar-refractivity contribution in [1.82, 2.24) is 15.2 Å². The lowest BCUT2D eigenvalue weighted by Crippen LogP contribution is -2.56. The molecular weight excluding hydrogens is 323 g/mol. The number of carbonyl (C=O) groups excluding carboxylic acids is 1. The number of nitrogens with zero attached hydrogens (tertiary/aromatic N) is 3. The maximum absolute atomic E-state index is 13.4. The molecule has 0 spiro atoms. The Balaban J connectivity index is 1.38. The minimum absolute atomic E-state index is 0.0153. The SMILES string of the molecule is O=C(N[C@H]1CCCN(c2cccc(F)n2)C1)N1[C@@H]2CC[C@H]1CC(O)C2. The first-order valence-corrected chi connectivity index (χ1v) is 9.24. The third kappa shape index (κ3) is 3.42. The van der Waals surface area contributed by atoms with Gasteiger partial charge in [0.05, 0.1) is 6.10 Å². The minimum atomic E-state index is -0.480. The summed E-state index contributed by atoms with van der Waals surface area (Å²) in [5.41, 5.74) is 0. The van der Waals surface area contributed by atoms with Gasteiger partial charge < -0.3 is 20.2 Å². The Morgan fingerprint density at radius 3 is 2.72 bits per heavy atom. The molecule has 1 unspecified atom stereocenters. The molecule has 25 heavy (non-hydrogen) atoms. The van der Waals surface area contributed by atoms with Crippen LogP contribution in [0.5, 0.6) is 0 Å². The van der Waals surface area contributed by atoms with E-state index in [9.17, 15) is 14.3 Å². The molecule has 0 aromatic carbocycles. The van der Waals surface area contributed by atoms with E-state index in [-0.39, 0.29) is 30.3 Å². The Labute approximate surface area is 147 Å². The third-order valence-electron chi connectivity index (χ3n) is 5.72. The standard InChI is InChI=1S/C18H25FN4O2/c19-16-4-1-5-17(21-16)22-8-2-3-12(11-22)20-18(25)23-13-6-7-14(23)10-15(24)9-13/h1,4-5,12-15,24H,2-3,6-11H2,(H,20,25)/t12-,13-,14+,15?/m0/s1. The molecule has 2 N–H and O–H groups in total. The van der Waals surface area contributed by atoms with Gasteiger partial charge in [0.2, 0.25) is 5.95 Å². The van der Waals surface area contributed by atoms with Crippen molar-refractivity contribution in [3.8, 4) is 0 Å². The molecule has 4 heterocycles. The second-order valence-electron chi connectivity index (χ2n) is 7.47. The zero-order chi connectivity index (χ0) is 17.4. The quantitative estimate of drug-likeness (QED) is 0.801. The van der Waals surface area contributed by atoms with Crippen molar-refractivity contribution >= 4 is 11.8 Å². The number of hydrogen-bond donors (Lipinski definition) is 2. The van der Waals surface area contributed by atoms with Gasteiger partial charge >= 0.3 is 6.03 Å². The highest BCUT2D eigenvalue weighted by Gasteiger charge is 2.43. The summed E-state index contributed by atoms with van der Waals surface area (Å²) in [5, 5.41) is 13.1. The molecule has 1 aromatic rings. The maximum atomic E-state index is 13.4. The number of hydrogen-bond acceptors (Lipinski definition) is 4. The van der Waals surface area contributed by atoms with Crippen molar-refractivity contribution in [1.29, 1.82) is 0 Å². The Hall–Kier alpha value is -1.89. The summed E-state index contributed by atoms with van der Waals surface area (Å²) in [6.07, 6.45) is 4.93. The second kappa shape index (κ2) is 6.78. The lowest BCUT2D eigenvalue weighted by molar-refractivity contribution is 0.0533. The van der Waals surface area contributed by atoms with Crippen LogP contribution in [0.4, 0.5) is 15.0 Å². The molecule has 2 bridgehead atoms. The van der Waals surface area contributed by atoms with E-state index < -0.39 is 5.95 Å². The van der Waals surface area contributed by atoms with Gasteiger partial charge in [-0.1, -0.05) is 6.07 Å². The van der Waals surface area contributed by atoms with Crippen LogP contribution in [-0.2, 0) is 0 Å². The van der Waals surface area contributed by atoms with Gasteiger partial charge in [-0.15, -0.1) is 0 Å². The molecule has 3 fully saturated rings. The molecule has 1 aromatic heterocycles. The topological polar surface area (TPSA) is 68.7 Å². The Morgan fingerprint density at radius 1 is 1.24 bits per heavy atom. The lowest BCUT2D eigenvalue weighted by Gasteiger charge is -2.39. The highest BCUT2D eigenvalue weighted by atomic mass is 19.1. The van der Waals surface area contributed by atoms with Gasteiger partial charge in [0.1, 0.15) is 5.82 Å². The van der Waals surface area contributed by atoms with Crippen molar-refractivity contribution < 1.29 is 14.3 Å².